The molecule has 1 aliphatic carbocycles. The van der Waals surface area contributed by atoms with Crippen LogP contribution in [0.1, 0.15) is 54.8 Å². The molecule has 116 valence electrons. The Morgan fingerprint density at radius 1 is 1.33 bits per heavy atom. The number of ether oxygens (including phenoxy) is 1. The number of thiophene rings is 1. The molecule has 0 aliphatic heterocycles. The first-order valence-corrected chi connectivity index (χ1v) is 8.41. The summed E-state index contributed by atoms with van der Waals surface area (Å²) in [5, 5.41) is 3.55. The molecule has 1 heterocycles. The van der Waals surface area contributed by atoms with Crippen LogP contribution < -0.4 is 5.32 Å². The summed E-state index contributed by atoms with van der Waals surface area (Å²) in [7, 11) is 0. The summed E-state index contributed by atoms with van der Waals surface area (Å²) in [6, 6.07) is 1.78. The summed E-state index contributed by atoms with van der Waals surface area (Å²) in [5.74, 6) is 0.454. The van der Waals surface area contributed by atoms with Crippen LogP contribution in [0.2, 0.25) is 0 Å². The molecule has 0 spiro atoms. The first-order valence-electron chi connectivity index (χ1n) is 7.59. The van der Waals surface area contributed by atoms with Crippen LogP contribution in [-0.4, -0.2) is 18.5 Å². The Morgan fingerprint density at radius 2 is 2.00 bits per heavy atom. The average molecular weight is 309 g/mol. The number of aryl methyl sites for hydroxylation is 1. The SMILES string of the molecule is CCOC(=O)c1cc(C)sc1NC(=O)C1CCC(C)CC1. The quantitative estimate of drug-likeness (QED) is 0.855. The van der Waals surface area contributed by atoms with Crippen LogP contribution in [-0.2, 0) is 9.53 Å². The number of amides is 1. The minimum atomic E-state index is -0.366. The Balaban J connectivity index is 2.05. The average Bonchev–Trinajstić information content (AvgIpc) is 2.80. The van der Waals surface area contributed by atoms with Crippen LogP contribution in [0.5, 0.6) is 0 Å². The molecule has 1 amide bonds. The molecular formula is C16H23NO3S. The highest BCUT2D eigenvalue weighted by molar-refractivity contribution is 7.16. The van der Waals surface area contributed by atoms with Crippen LogP contribution in [0.4, 0.5) is 5.00 Å². The fourth-order valence-corrected chi connectivity index (χ4v) is 3.61. The van der Waals surface area contributed by atoms with E-state index in [0.717, 1.165) is 30.6 Å². The molecule has 0 aromatic carbocycles. The lowest BCUT2D eigenvalue weighted by molar-refractivity contribution is -0.120. The van der Waals surface area contributed by atoms with Crippen molar-refractivity contribution in [2.24, 2.45) is 11.8 Å². The van der Waals surface area contributed by atoms with E-state index in [1.807, 2.05) is 6.92 Å². The fraction of sp³-hybridized carbons (Fsp3) is 0.625. The highest BCUT2D eigenvalue weighted by Crippen LogP contribution is 2.32. The van der Waals surface area contributed by atoms with Gasteiger partial charge in [-0.2, -0.15) is 0 Å². The van der Waals surface area contributed by atoms with Gasteiger partial charge in [0.05, 0.1) is 12.2 Å². The highest BCUT2D eigenvalue weighted by Gasteiger charge is 2.26. The number of hydrogen-bond donors (Lipinski definition) is 1. The predicted octanol–water partition coefficient (Wildman–Crippen LogP) is 4.00. The number of rotatable bonds is 4. The Hall–Kier alpha value is -1.36. The van der Waals surface area contributed by atoms with E-state index in [9.17, 15) is 9.59 Å². The molecule has 0 bridgehead atoms. The molecule has 0 unspecified atom stereocenters. The van der Waals surface area contributed by atoms with Gasteiger partial charge in [-0.25, -0.2) is 4.79 Å². The van der Waals surface area contributed by atoms with E-state index in [1.54, 1.807) is 13.0 Å². The molecule has 21 heavy (non-hydrogen) atoms. The summed E-state index contributed by atoms with van der Waals surface area (Å²) in [6.07, 6.45) is 4.08. The first-order chi connectivity index (χ1) is 10.0. The van der Waals surface area contributed by atoms with E-state index in [2.05, 4.69) is 12.2 Å². The van der Waals surface area contributed by atoms with Crippen LogP contribution >= 0.6 is 11.3 Å². The van der Waals surface area contributed by atoms with Crippen LogP contribution in [0, 0.1) is 18.8 Å². The van der Waals surface area contributed by atoms with Gasteiger partial charge in [-0.1, -0.05) is 6.92 Å². The van der Waals surface area contributed by atoms with Crippen LogP contribution in [0.25, 0.3) is 0 Å². The molecule has 4 nitrogen and oxygen atoms in total. The Bertz CT molecular complexity index is 516. The largest absolute Gasteiger partial charge is 0.462 e. The second kappa shape index (κ2) is 7.07. The molecule has 1 aromatic rings. The maximum Gasteiger partial charge on any atom is 0.341 e. The van der Waals surface area contributed by atoms with Crippen molar-refractivity contribution in [3.8, 4) is 0 Å². The summed E-state index contributed by atoms with van der Waals surface area (Å²) >= 11 is 1.43. The Morgan fingerprint density at radius 3 is 2.62 bits per heavy atom. The molecule has 0 saturated heterocycles. The molecule has 1 fully saturated rings. The zero-order valence-corrected chi connectivity index (χ0v) is 13.7. The van der Waals surface area contributed by atoms with E-state index in [1.165, 1.54) is 11.3 Å². The van der Waals surface area contributed by atoms with Gasteiger partial charge < -0.3 is 10.1 Å². The zero-order valence-electron chi connectivity index (χ0n) is 12.9. The highest BCUT2D eigenvalue weighted by atomic mass is 32.1. The zero-order chi connectivity index (χ0) is 15.4. The molecule has 2 rings (SSSR count). The molecule has 1 saturated carbocycles. The smallest absolute Gasteiger partial charge is 0.341 e. The lowest BCUT2D eigenvalue weighted by Gasteiger charge is -2.25. The van der Waals surface area contributed by atoms with E-state index in [-0.39, 0.29) is 17.8 Å². The summed E-state index contributed by atoms with van der Waals surface area (Å²) in [4.78, 5) is 25.3. The van der Waals surface area contributed by atoms with Gasteiger partial charge in [0.1, 0.15) is 5.00 Å². The molecule has 0 atom stereocenters. The maximum absolute atomic E-state index is 12.4. The van der Waals surface area contributed by atoms with Crippen molar-refractivity contribution in [1.82, 2.24) is 0 Å². The van der Waals surface area contributed by atoms with Crippen molar-refractivity contribution in [2.75, 3.05) is 11.9 Å². The summed E-state index contributed by atoms with van der Waals surface area (Å²) in [5.41, 5.74) is 0.469. The van der Waals surface area contributed by atoms with Crippen molar-refractivity contribution in [3.05, 3.63) is 16.5 Å². The second-order valence-electron chi connectivity index (χ2n) is 5.77. The van der Waals surface area contributed by atoms with Crippen molar-refractivity contribution in [2.45, 2.75) is 46.5 Å². The normalized spacial score (nSPS) is 21.9. The summed E-state index contributed by atoms with van der Waals surface area (Å²) in [6.45, 7) is 6.27. The Kier molecular flexibility index (Phi) is 5.39. The third kappa shape index (κ3) is 4.06. The molecule has 1 aromatic heterocycles. The number of anilines is 1. The molecule has 1 N–H and O–H groups in total. The van der Waals surface area contributed by atoms with Gasteiger partial charge in [0.15, 0.2) is 0 Å². The van der Waals surface area contributed by atoms with Crippen molar-refractivity contribution < 1.29 is 14.3 Å². The van der Waals surface area contributed by atoms with E-state index in [4.69, 9.17) is 4.74 Å². The summed E-state index contributed by atoms with van der Waals surface area (Å²) < 4.78 is 5.04. The number of carbonyl (C=O) groups excluding carboxylic acids is 2. The minimum absolute atomic E-state index is 0.0364. The first kappa shape index (κ1) is 16.0. The molecule has 1 aliphatic rings. The molecular weight excluding hydrogens is 286 g/mol. The van der Waals surface area contributed by atoms with Gasteiger partial charge in [-0.05, 0) is 51.5 Å². The van der Waals surface area contributed by atoms with E-state index < -0.39 is 0 Å². The third-order valence-corrected chi connectivity index (χ3v) is 4.94. The predicted molar refractivity (Wildman–Crippen MR) is 84.8 cm³/mol. The van der Waals surface area contributed by atoms with Gasteiger partial charge in [-0.15, -0.1) is 11.3 Å². The fourth-order valence-electron chi connectivity index (χ4n) is 2.70. The van der Waals surface area contributed by atoms with Crippen LogP contribution in [0.3, 0.4) is 0 Å². The van der Waals surface area contributed by atoms with Gasteiger partial charge in [0.25, 0.3) is 0 Å². The van der Waals surface area contributed by atoms with Crippen LogP contribution in [0.15, 0.2) is 6.07 Å². The van der Waals surface area contributed by atoms with Crippen molar-refractivity contribution >= 4 is 28.2 Å². The van der Waals surface area contributed by atoms with E-state index >= 15 is 0 Å². The number of esters is 1. The van der Waals surface area contributed by atoms with Gasteiger partial charge >= 0.3 is 5.97 Å². The van der Waals surface area contributed by atoms with Gasteiger partial charge in [-0.3, -0.25) is 4.79 Å². The van der Waals surface area contributed by atoms with Crippen molar-refractivity contribution in [3.63, 3.8) is 0 Å². The topological polar surface area (TPSA) is 55.4 Å². The number of hydrogen-bond acceptors (Lipinski definition) is 4. The van der Waals surface area contributed by atoms with E-state index in [0.29, 0.717) is 23.1 Å². The van der Waals surface area contributed by atoms with Gasteiger partial charge in [0.2, 0.25) is 5.91 Å². The monoisotopic (exact) mass is 309 g/mol. The standard InChI is InChI=1S/C16H23NO3S/c1-4-20-16(19)13-9-11(3)21-15(13)17-14(18)12-7-5-10(2)6-8-12/h9-10,12H,4-8H2,1-3H3,(H,17,18). The second-order valence-corrected chi connectivity index (χ2v) is 7.02. The molecule has 5 heteroatoms. The lowest BCUT2D eigenvalue weighted by Crippen LogP contribution is -2.26. The molecule has 0 radical (unpaired) electrons. The number of carbonyl (C=O) groups is 2. The Labute approximate surface area is 129 Å². The minimum Gasteiger partial charge on any atom is -0.462 e. The third-order valence-electron chi connectivity index (χ3n) is 3.97. The lowest BCUT2D eigenvalue weighted by atomic mass is 9.82. The number of nitrogens with one attached hydrogen (secondary N) is 1. The maximum atomic E-state index is 12.4. The van der Waals surface area contributed by atoms with Gasteiger partial charge in [0, 0.05) is 10.8 Å². The van der Waals surface area contributed by atoms with Crippen molar-refractivity contribution in [1.29, 1.82) is 0 Å².